The molecule has 0 atom stereocenters. The van der Waals surface area contributed by atoms with E-state index in [2.05, 4.69) is 4.37 Å². The fourth-order valence-electron chi connectivity index (χ4n) is 1.64. The van der Waals surface area contributed by atoms with Crippen LogP contribution in [0.3, 0.4) is 0 Å². The van der Waals surface area contributed by atoms with Crippen molar-refractivity contribution >= 4 is 39.7 Å². The smallest absolute Gasteiger partial charge is 0.208 e. The van der Waals surface area contributed by atoms with Gasteiger partial charge in [0.05, 0.1) is 15.9 Å². The largest absolute Gasteiger partial charge is 0.443 e. The highest BCUT2D eigenvalue weighted by Crippen LogP contribution is 2.37. The maximum absolute atomic E-state index is 6.07. The molecule has 0 fully saturated rings. The number of anilines is 1. The highest BCUT2D eigenvalue weighted by Gasteiger charge is 2.10. The molecule has 90 valence electrons. The van der Waals surface area contributed by atoms with E-state index in [9.17, 15) is 0 Å². The molecule has 0 saturated heterocycles. The minimum Gasteiger partial charge on any atom is -0.443 e. The molecule has 0 spiro atoms. The average Bonchev–Trinajstić information content (AvgIpc) is 2.78. The molecule has 0 aliphatic heterocycles. The Bertz CT molecular complexity index is 711. The molecule has 0 bridgehead atoms. The van der Waals surface area contributed by atoms with Crippen LogP contribution in [0.5, 0.6) is 10.8 Å². The van der Waals surface area contributed by atoms with Crippen molar-refractivity contribution in [2.24, 2.45) is 0 Å². The van der Waals surface area contributed by atoms with E-state index in [-0.39, 0.29) is 0 Å². The highest BCUT2D eigenvalue weighted by molar-refractivity contribution is 7.09. The van der Waals surface area contributed by atoms with Gasteiger partial charge in [-0.15, -0.1) is 0 Å². The normalized spacial score (nSPS) is 10.7. The van der Waals surface area contributed by atoms with Crippen molar-refractivity contribution in [1.82, 2.24) is 4.37 Å². The molecular formula is C13H9ClN2OS. The van der Waals surface area contributed by atoms with Gasteiger partial charge in [0, 0.05) is 23.3 Å². The van der Waals surface area contributed by atoms with Gasteiger partial charge in [0.15, 0.2) is 0 Å². The Kier molecular flexibility index (Phi) is 2.81. The predicted octanol–water partition coefficient (Wildman–Crippen LogP) is 4.32. The van der Waals surface area contributed by atoms with Crippen LogP contribution in [0.15, 0.2) is 42.5 Å². The molecule has 1 heterocycles. The number of fused-ring (bicyclic) bond motifs is 1. The van der Waals surface area contributed by atoms with Crippen LogP contribution in [0.4, 0.5) is 5.69 Å². The van der Waals surface area contributed by atoms with E-state index in [1.54, 1.807) is 18.2 Å². The fourth-order valence-corrected chi connectivity index (χ4v) is 2.53. The first kappa shape index (κ1) is 11.3. The standard InChI is InChI=1S/C13H9ClN2OS/c14-10-6-5-8(15)7-12(10)17-13-9-3-1-2-4-11(9)16-18-13/h1-7H,15H2. The van der Waals surface area contributed by atoms with Crippen LogP contribution in [0, 0.1) is 0 Å². The monoisotopic (exact) mass is 276 g/mol. The third kappa shape index (κ3) is 2.00. The first-order chi connectivity index (χ1) is 8.74. The third-order valence-electron chi connectivity index (χ3n) is 2.51. The average molecular weight is 277 g/mol. The van der Waals surface area contributed by atoms with E-state index in [0.29, 0.717) is 16.5 Å². The van der Waals surface area contributed by atoms with Crippen LogP contribution >= 0.6 is 23.1 Å². The third-order valence-corrected chi connectivity index (χ3v) is 3.58. The molecule has 0 saturated carbocycles. The number of hydrogen-bond donors (Lipinski definition) is 1. The van der Waals surface area contributed by atoms with Gasteiger partial charge in [0.25, 0.3) is 0 Å². The SMILES string of the molecule is Nc1ccc(Cl)c(Oc2snc3ccccc23)c1. The number of nitrogens with zero attached hydrogens (tertiary/aromatic N) is 1. The number of ether oxygens (including phenoxy) is 1. The summed E-state index contributed by atoms with van der Waals surface area (Å²) in [6.07, 6.45) is 0. The number of hydrogen-bond acceptors (Lipinski definition) is 4. The van der Waals surface area contributed by atoms with Gasteiger partial charge >= 0.3 is 0 Å². The Hall–Kier alpha value is -1.78. The van der Waals surface area contributed by atoms with Crippen LogP contribution in [0.1, 0.15) is 0 Å². The number of rotatable bonds is 2. The summed E-state index contributed by atoms with van der Waals surface area (Å²) in [6, 6.07) is 13.0. The van der Waals surface area contributed by atoms with Gasteiger partial charge in [-0.2, -0.15) is 4.37 Å². The summed E-state index contributed by atoms with van der Waals surface area (Å²) >= 11 is 7.37. The molecule has 0 aliphatic carbocycles. The molecule has 3 rings (SSSR count). The molecule has 0 radical (unpaired) electrons. The summed E-state index contributed by atoms with van der Waals surface area (Å²) in [5.74, 6) is 0.547. The lowest BCUT2D eigenvalue weighted by Crippen LogP contribution is -1.87. The Morgan fingerprint density at radius 2 is 2.00 bits per heavy atom. The van der Waals surface area contributed by atoms with Crippen LogP contribution in [0.2, 0.25) is 5.02 Å². The second kappa shape index (κ2) is 4.48. The van der Waals surface area contributed by atoms with Crippen molar-refractivity contribution in [3.05, 3.63) is 47.5 Å². The molecule has 0 amide bonds. The minimum atomic E-state index is 0.529. The summed E-state index contributed by atoms with van der Waals surface area (Å²) < 4.78 is 10.1. The fraction of sp³-hybridized carbons (Fsp3) is 0. The summed E-state index contributed by atoms with van der Waals surface area (Å²) in [6.45, 7) is 0. The quantitative estimate of drug-likeness (QED) is 0.709. The first-order valence-electron chi connectivity index (χ1n) is 5.31. The van der Waals surface area contributed by atoms with E-state index >= 15 is 0 Å². The van der Waals surface area contributed by atoms with E-state index in [1.165, 1.54) is 11.5 Å². The summed E-state index contributed by atoms with van der Waals surface area (Å²) in [5, 5.41) is 2.22. The Balaban J connectivity index is 2.04. The van der Waals surface area contributed by atoms with Crippen LogP contribution < -0.4 is 10.5 Å². The molecule has 2 aromatic carbocycles. The molecule has 1 aromatic heterocycles. The van der Waals surface area contributed by atoms with Gasteiger partial charge in [-0.1, -0.05) is 23.7 Å². The van der Waals surface area contributed by atoms with Crippen molar-refractivity contribution in [2.75, 3.05) is 5.73 Å². The molecular weight excluding hydrogens is 268 g/mol. The number of benzene rings is 2. The van der Waals surface area contributed by atoms with Crippen LogP contribution in [0.25, 0.3) is 10.9 Å². The van der Waals surface area contributed by atoms with Crippen molar-refractivity contribution in [3.8, 4) is 10.8 Å². The molecule has 0 unspecified atom stereocenters. The highest BCUT2D eigenvalue weighted by atomic mass is 35.5. The van der Waals surface area contributed by atoms with Crippen molar-refractivity contribution in [2.45, 2.75) is 0 Å². The Morgan fingerprint density at radius 1 is 1.17 bits per heavy atom. The Labute approximate surface area is 113 Å². The molecule has 0 aliphatic rings. The predicted molar refractivity (Wildman–Crippen MR) is 75.6 cm³/mol. The summed E-state index contributed by atoms with van der Waals surface area (Å²) in [4.78, 5) is 0. The van der Waals surface area contributed by atoms with E-state index in [4.69, 9.17) is 22.1 Å². The molecule has 3 aromatic rings. The zero-order chi connectivity index (χ0) is 12.5. The van der Waals surface area contributed by atoms with Gasteiger partial charge in [0.1, 0.15) is 5.75 Å². The lowest BCUT2D eigenvalue weighted by atomic mass is 10.2. The number of halogens is 1. The second-order valence-electron chi connectivity index (χ2n) is 3.78. The van der Waals surface area contributed by atoms with Crippen molar-refractivity contribution in [3.63, 3.8) is 0 Å². The summed E-state index contributed by atoms with van der Waals surface area (Å²) in [5.41, 5.74) is 7.25. The van der Waals surface area contributed by atoms with Gasteiger partial charge in [-0.3, -0.25) is 0 Å². The van der Waals surface area contributed by atoms with E-state index < -0.39 is 0 Å². The van der Waals surface area contributed by atoms with Crippen molar-refractivity contribution in [1.29, 1.82) is 0 Å². The minimum absolute atomic E-state index is 0.529. The van der Waals surface area contributed by atoms with E-state index in [0.717, 1.165) is 16.0 Å². The summed E-state index contributed by atoms with van der Waals surface area (Å²) in [7, 11) is 0. The molecule has 2 N–H and O–H groups in total. The lowest BCUT2D eigenvalue weighted by molar-refractivity contribution is 0.502. The van der Waals surface area contributed by atoms with Crippen molar-refractivity contribution < 1.29 is 4.74 Å². The number of aromatic nitrogens is 1. The number of nitrogen functional groups attached to an aromatic ring is 1. The molecule has 3 nitrogen and oxygen atoms in total. The van der Waals surface area contributed by atoms with Gasteiger partial charge in [-0.05, 0) is 24.3 Å². The van der Waals surface area contributed by atoms with Crippen LogP contribution in [-0.2, 0) is 0 Å². The van der Waals surface area contributed by atoms with Gasteiger partial charge in [0.2, 0.25) is 5.06 Å². The Morgan fingerprint density at radius 3 is 2.89 bits per heavy atom. The van der Waals surface area contributed by atoms with Crippen LogP contribution in [-0.4, -0.2) is 4.37 Å². The maximum atomic E-state index is 6.07. The van der Waals surface area contributed by atoms with Gasteiger partial charge in [-0.25, -0.2) is 0 Å². The first-order valence-corrected chi connectivity index (χ1v) is 6.46. The van der Waals surface area contributed by atoms with E-state index in [1.807, 2.05) is 24.3 Å². The second-order valence-corrected chi connectivity index (χ2v) is 4.92. The number of nitrogens with two attached hydrogens (primary N) is 1. The zero-order valence-electron chi connectivity index (χ0n) is 9.26. The maximum Gasteiger partial charge on any atom is 0.208 e. The molecule has 5 heteroatoms. The zero-order valence-corrected chi connectivity index (χ0v) is 10.8. The van der Waals surface area contributed by atoms with Gasteiger partial charge < -0.3 is 10.5 Å². The molecule has 18 heavy (non-hydrogen) atoms. The lowest BCUT2D eigenvalue weighted by Gasteiger charge is -2.06. The topological polar surface area (TPSA) is 48.1 Å².